The van der Waals surface area contributed by atoms with Crippen LogP contribution in [0, 0.1) is 0 Å². The second-order valence-corrected chi connectivity index (χ2v) is 4.39. The van der Waals surface area contributed by atoms with E-state index in [1.807, 2.05) is 30.3 Å². The molecule has 0 spiro atoms. The van der Waals surface area contributed by atoms with Gasteiger partial charge in [0.15, 0.2) is 11.5 Å². The Kier molecular flexibility index (Phi) is 4.92. The number of nitrogens with two attached hydrogens (primary N) is 1. The summed E-state index contributed by atoms with van der Waals surface area (Å²) >= 11 is 0. The summed E-state index contributed by atoms with van der Waals surface area (Å²) in [4.78, 5) is 4.01. The van der Waals surface area contributed by atoms with Crippen LogP contribution in [0.4, 0.5) is 0 Å². The molecule has 2 aromatic rings. The molecule has 0 saturated carbocycles. The molecule has 3 N–H and O–H groups in total. The number of ether oxygens (including phenoxy) is 2. The second-order valence-electron chi connectivity index (χ2n) is 4.39. The fraction of sp³-hybridized carbons (Fsp3) is 0.267. The lowest BCUT2D eigenvalue weighted by molar-refractivity contribution is 0.353. The highest BCUT2D eigenvalue weighted by atomic mass is 16.5. The molecule has 1 aromatic heterocycles. The first-order valence-corrected chi connectivity index (χ1v) is 6.35. The zero-order valence-corrected chi connectivity index (χ0v) is 11.7. The summed E-state index contributed by atoms with van der Waals surface area (Å²) in [6.45, 7) is 0. The second kappa shape index (κ2) is 6.88. The summed E-state index contributed by atoms with van der Waals surface area (Å²) in [6, 6.07) is 9.75. The van der Waals surface area contributed by atoms with Gasteiger partial charge in [-0.05, 0) is 41.8 Å². The Labute approximate surface area is 118 Å². The Hall–Kier alpha value is -2.11. The van der Waals surface area contributed by atoms with E-state index in [-0.39, 0.29) is 6.04 Å². The predicted octanol–water partition coefficient (Wildman–Crippen LogP) is 1.85. The summed E-state index contributed by atoms with van der Waals surface area (Å²) in [5, 5.41) is 0. The summed E-state index contributed by atoms with van der Waals surface area (Å²) in [5.74, 6) is 7.08. The molecule has 1 unspecified atom stereocenters. The van der Waals surface area contributed by atoms with E-state index in [9.17, 15) is 0 Å². The van der Waals surface area contributed by atoms with E-state index < -0.39 is 0 Å². The summed E-state index contributed by atoms with van der Waals surface area (Å²) < 4.78 is 10.6. The van der Waals surface area contributed by atoms with Crippen molar-refractivity contribution >= 4 is 0 Å². The Balaban J connectivity index is 2.23. The van der Waals surface area contributed by atoms with Gasteiger partial charge in [0.2, 0.25) is 0 Å². The highest BCUT2D eigenvalue weighted by molar-refractivity contribution is 5.44. The van der Waals surface area contributed by atoms with Crippen molar-refractivity contribution in [3.63, 3.8) is 0 Å². The van der Waals surface area contributed by atoms with Crippen LogP contribution < -0.4 is 20.7 Å². The predicted molar refractivity (Wildman–Crippen MR) is 77.6 cm³/mol. The molecular formula is C15H19N3O2. The number of pyridine rings is 1. The minimum Gasteiger partial charge on any atom is -0.493 e. The molecule has 0 saturated heterocycles. The lowest BCUT2D eigenvalue weighted by Crippen LogP contribution is -2.29. The van der Waals surface area contributed by atoms with Crippen LogP contribution in [-0.2, 0) is 6.42 Å². The number of hydrogen-bond donors (Lipinski definition) is 2. The van der Waals surface area contributed by atoms with Gasteiger partial charge in [0.25, 0.3) is 0 Å². The maximum Gasteiger partial charge on any atom is 0.161 e. The van der Waals surface area contributed by atoms with Crippen LogP contribution in [0.1, 0.15) is 17.2 Å². The van der Waals surface area contributed by atoms with Crippen molar-refractivity contribution in [2.24, 2.45) is 5.84 Å². The fourth-order valence-electron chi connectivity index (χ4n) is 2.10. The Morgan fingerprint density at radius 1 is 1.10 bits per heavy atom. The van der Waals surface area contributed by atoms with Crippen LogP contribution in [0.15, 0.2) is 42.7 Å². The van der Waals surface area contributed by atoms with E-state index in [4.69, 9.17) is 15.3 Å². The maximum absolute atomic E-state index is 5.68. The standard InChI is InChI=1S/C15H19N3O2/c1-19-14-4-3-12(10-15(14)20-2)13(18-16)9-11-5-7-17-8-6-11/h3-8,10,13,18H,9,16H2,1-2H3. The largest absolute Gasteiger partial charge is 0.493 e. The van der Waals surface area contributed by atoms with Crippen LogP contribution in [0.3, 0.4) is 0 Å². The average molecular weight is 273 g/mol. The van der Waals surface area contributed by atoms with Crippen molar-refractivity contribution in [1.82, 2.24) is 10.4 Å². The van der Waals surface area contributed by atoms with Gasteiger partial charge in [0.05, 0.1) is 20.3 Å². The Bertz CT molecular complexity index is 546. The molecule has 5 nitrogen and oxygen atoms in total. The van der Waals surface area contributed by atoms with Gasteiger partial charge >= 0.3 is 0 Å². The van der Waals surface area contributed by atoms with Crippen molar-refractivity contribution in [2.45, 2.75) is 12.5 Å². The number of benzene rings is 1. The first-order chi connectivity index (χ1) is 9.78. The molecule has 20 heavy (non-hydrogen) atoms. The number of hydrogen-bond acceptors (Lipinski definition) is 5. The number of aromatic nitrogens is 1. The molecule has 0 amide bonds. The van der Waals surface area contributed by atoms with Gasteiger partial charge in [0.1, 0.15) is 0 Å². The molecule has 106 valence electrons. The topological polar surface area (TPSA) is 69.4 Å². The van der Waals surface area contributed by atoms with Gasteiger partial charge in [-0.3, -0.25) is 16.3 Å². The normalized spacial score (nSPS) is 11.9. The van der Waals surface area contributed by atoms with Crippen LogP contribution in [-0.4, -0.2) is 19.2 Å². The highest BCUT2D eigenvalue weighted by Gasteiger charge is 2.13. The van der Waals surface area contributed by atoms with Gasteiger partial charge in [-0.15, -0.1) is 0 Å². The van der Waals surface area contributed by atoms with E-state index in [1.165, 1.54) is 0 Å². The molecule has 2 rings (SSSR count). The molecule has 0 aliphatic carbocycles. The third-order valence-electron chi connectivity index (χ3n) is 3.20. The molecule has 0 radical (unpaired) electrons. The van der Waals surface area contributed by atoms with Crippen LogP contribution in [0.25, 0.3) is 0 Å². The van der Waals surface area contributed by atoms with Crippen LogP contribution in [0.2, 0.25) is 0 Å². The fourth-order valence-corrected chi connectivity index (χ4v) is 2.10. The van der Waals surface area contributed by atoms with Gasteiger partial charge in [-0.1, -0.05) is 6.07 Å². The van der Waals surface area contributed by atoms with E-state index in [0.717, 1.165) is 17.5 Å². The molecule has 0 aliphatic rings. The van der Waals surface area contributed by atoms with Crippen molar-refractivity contribution < 1.29 is 9.47 Å². The summed E-state index contributed by atoms with van der Waals surface area (Å²) in [5.41, 5.74) is 5.05. The van der Waals surface area contributed by atoms with Crippen molar-refractivity contribution in [2.75, 3.05) is 14.2 Å². The number of hydrazine groups is 1. The molecular weight excluding hydrogens is 254 g/mol. The lowest BCUT2D eigenvalue weighted by Gasteiger charge is -2.18. The van der Waals surface area contributed by atoms with Crippen molar-refractivity contribution in [3.8, 4) is 11.5 Å². The Morgan fingerprint density at radius 3 is 2.40 bits per heavy atom. The molecule has 1 atom stereocenters. The van der Waals surface area contributed by atoms with E-state index in [0.29, 0.717) is 11.5 Å². The molecule has 0 aliphatic heterocycles. The Morgan fingerprint density at radius 2 is 1.80 bits per heavy atom. The maximum atomic E-state index is 5.68. The average Bonchev–Trinajstić information content (AvgIpc) is 2.53. The molecule has 0 bridgehead atoms. The third kappa shape index (κ3) is 3.26. The van der Waals surface area contributed by atoms with Crippen LogP contribution >= 0.6 is 0 Å². The molecule has 1 heterocycles. The minimum absolute atomic E-state index is 0.00259. The van der Waals surface area contributed by atoms with E-state index in [2.05, 4.69) is 10.4 Å². The number of methoxy groups -OCH3 is 2. The summed E-state index contributed by atoms with van der Waals surface area (Å²) in [6.07, 6.45) is 4.32. The van der Waals surface area contributed by atoms with Gasteiger partial charge < -0.3 is 9.47 Å². The van der Waals surface area contributed by atoms with Crippen molar-refractivity contribution in [3.05, 3.63) is 53.9 Å². The molecule has 5 heteroatoms. The monoisotopic (exact) mass is 273 g/mol. The minimum atomic E-state index is -0.00259. The quantitative estimate of drug-likeness (QED) is 0.621. The highest BCUT2D eigenvalue weighted by Crippen LogP contribution is 2.30. The van der Waals surface area contributed by atoms with Gasteiger partial charge in [-0.25, -0.2) is 0 Å². The van der Waals surface area contributed by atoms with Crippen molar-refractivity contribution in [1.29, 1.82) is 0 Å². The SMILES string of the molecule is COc1ccc(C(Cc2ccncc2)NN)cc1OC. The molecule has 1 aromatic carbocycles. The number of nitrogens with one attached hydrogen (secondary N) is 1. The van der Waals surface area contributed by atoms with E-state index >= 15 is 0 Å². The first-order valence-electron chi connectivity index (χ1n) is 6.35. The lowest BCUT2D eigenvalue weighted by atomic mass is 9.99. The zero-order valence-electron chi connectivity index (χ0n) is 11.7. The van der Waals surface area contributed by atoms with Gasteiger partial charge in [-0.2, -0.15) is 0 Å². The van der Waals surface area contributed by atoms with Gasteiger partial charge in [0, 0.05) is 12.4 Å². The smallest absolute Gasteiger partial charge is 0.161 e. The van der Waals surface area contributed by atoms with E-state index in [1.54, 1.807) is 26.6 Å². The molecule has 0 fully saturated rings. The first kappa shape index (κ1) is 14.3. The zero-order chi connectivity index (χ0) is 14.4. The third-order valence-corrected chi connectivity index (χ3v) is 3.20. The number of rotatable bonds is 6. The number of nitrogens with zero attached hydrogens (tertiary/aromatic N) is 1. The van der Waals surface area contributed by atoms with Crippen LogP contribution in [0.5, 0.6) is 11.5 Å². The summed E-state index contributed by atoms with van der Waals surface area (Å²) in [7, 11) is 3.24.